The van der Waals surface area contributed by atoms with Crippen molar-refractivity contribution in [2.75, 3.05) is 0 Å². The highest BCUT2D eigenvalue weighted by Gasteiger charge is 2.41. The predicted molar refractivity (Wildman–Crippen MR) is 105 cm³/mol. The summed E-state index contributed by atoms with van der Waals surface area (Å²) < 4.78 is 20.5. The third kappa shape index (κ3) is 3.55. The number of ether oxygens (including phenoxy) is 1. The topological polar surface area (TPSA) is 96.0 Å². The monoisotopic (exact) mass is 395 g/mol. The fourth-order valence-corrected chi connectivity index (χ4v) is 4.29. The molecule has 2 unspecified atom stereocenters. The van der Waals surface area contributed by atoms with E-state index in [9.17, 15) is 9.50 Å². The van der Waals surface area contributed by atoms with E-state index in [0.29, 0.717) is 29.6 Å². The number of hydrogen-bond donors (Lipinski definition) is 3. The molecule has 150 valence electrons. The van der Waals surface area contributed by atoms with Crippen molar-refractivity contribution in [1.29, 1.82) is 0 Å². The van der Waals surface area contributed by atoms with Crippen LogP contribution in [0, 0.1) is 0 Å². The highest BCUT2D eigenvalue weighted by Crippen LogP contribution is 2.33. The van der Waals surface area contributed by atoms with Gasteiger partial charge in [0, 0.05) is 41.9 Å². The maximum absolute atomic E-state index is 14.7. The fourth-order valence-electron chi connectivity index (χ4n) is 4.29. The smallest absolute Gasteiger partial charge is 0.233 e. The summed E-state index contributed by atoms with van der Waals surface area (Å²) in [4.78, 5) is 0. The van der Waals surface area contributed by atoms with Crippen LogP contribution in [0.4, 0.5) is 4.39 Å². The number of H-pyrrole nitrogens is 1. The Morgan fingerprint density at radius 3 is 2.79 bits per heavy atom. The lowest BCUT2D eigenvalue weighted by atomic mass is 9.84. The first-order chi connectivity index (χ1) is 14.2. The number of benzene rings is 1. The highest BCUT2D eigenvalue weighted by molar-refractivity contribution is 5.73. The number of aromatic hydroxyl groups is 1. The molecule has 2 aromatic heterocycles. The molecule has 2 fully saturated rings. The maximum atomic E-state index is 14.7. The Balaban J connectivity index is 1.31. The van der Waals surface area contributed by atoms with E-state index in [-0.39, 0.29) is 11.8 Å². The molecule has 3 N–H and O–H groups in total. The largest absolute Gasteiger partial charge is 0.507 e. The van der Waals surface area contributed by atoms with Gasteiger partial charge in [-0.05, 0) is 36.6 Å². The number of piperidine rings is 2. The van der Waals surface area contributed by atoms with Gasteiger partial charge < -0.3 is 15.2 Å². The average molecular weight is 395 g/mol. The minimum atomic E-state index is -1.05. The van der Waals surface area contributed by atoms with E-state index in [1.54, 1.807) is 36.7 Å². The van der Waals surface area contributed by atoms with Crippen molar-refractivity contribution in [3.05, 3.63) is 42.7 Å². The lowest BCUT2D eigenvalue weighted by Gasteiger charge is -2.42. The molecule has 2 aliphatic heterocycles. The van der Waals surface area contributed by atoms with Crippen LogP contribution in [0.3, 0.4) is 0 Å². The van der Waals surface area contributed by atoms with Gasteiger partial charge >= 0.3 is 0 Å². The summed E-state index contributed by atoms with van der Waals surface area (Å²) in [5.41, 5.74) is 2.82. The number of nitrogens with zero attached hydrogens (tertiary/aromatic N) is 3. The molecule has 2 bridgehead atoms. The molecule has 29 heavy (non-hydrogen) atoms. The fraction of sp³-hybridized carbons (Fsp3) is 0.381. The zero-order valence-corrected chi connectivity index (χ0v) is 15.8. The average Bonchev–Trinajstić information content (AvgIpc) is 3.28. The first-order valence-corrected chi connectivity index (χ1v) is 9.90. The van der Waals surface area contributed by atoms with E-state index in [1.807, 2.05) is 6.07 Å². The lowest BCUT2D eigenvalue weighted by molar-refractivity contribution is 0.00652. The van der Waals surface area contributed by atoms with Crippen molar-refractivity contribution in [2.24, 2.45) is 0 Å². The summed E-state index contributed by atoms with van der Waals surface area (Å²) in [6.07, 6.45) is 5.49. The Hall–Kier alpha value is -3.00. The van der Waals surface area contributed by atoms with Crippen molar-refractivity contribution in [2.45, 2.75) is 50.0 Å². The molecule has 2 saturated heterocycles. The number of phenolic OH excluding ortho intramolecular Hbond substituents is 1. The van der Waals surface area contributed by atoms with Crippen molar-refractivity contribution < 1.29 is 14.2 Å². The summed E-state index contributed by atoms with van der Waals surface area (Å²) in [5.74, 6) is 0.401. The Morgan fingerprint density at radius 2 is 2.03 bits per heavy atom. The summed E-state index contributed by atoms with van der Waals surface area (Å²) in [6, 6.07) is 8.91. The van der Waals surface area contributed by atoms with E-state index in [0.717, 1.165) is 30.4 Å². The molecule has 4 atom stereocenters. The first-order valence-electron chi connectivity index (χ1n) is 9.90. The number of alkyl halides is 1. The molecular formula is C21H22FN5O2. The number of nitrogens with one attached hydrogen (secondary N) is 2. The number of phenols is 1. The molecule has 0 radical (unpaired) electrons. The van der Waals surface area contributed by atoms with Crippen molar-refractivity contribution in [1.82, 2.24) is 25.7 Å². The molecule has 0 aliphatic carbocycles. The van der Waals surface area contributed by atoms with E-state index in [4.69, 9.17) is 4.74 Å². The Morgan fingerprint density at radius 1 is 1.10 bits per heavy atom. The number of rotatable bonds is 4. The quantitative estimate of drug-likeness (QED) is 0.628. The molecule has 7 nitrogen and oxygen atoms in total. The van der Waals surface area contributed by atoms with Gasteiger partial charge in [0.25, 0.3) is 0 Å². The Labute approximate surface area is 167 Å². The summed E-state index contributed by atoms with van der Waals surface area (Å²) >= 11 is 0. The molecule has 4 heterocycles. The second-order valence-corrected chi connectivity index (χ2v) is 7.71. The van der Waals surface area contributed by atoms with E-state index in [2.05, 4.69) is 25.7 Å². The number of aromatic nitrogens is 4. The van der Waals surface area contributed by atoms with Crippen LogP contribution in [-0.2, 0) is 0 Å². The number of halogens is 1. The van der Waals surface area contributed by atoms with Crippen LogP contribution in [-0.4, -0.2) is 49.9 Å². The third-order valence-corrected chi connectivity index (χ3v) is 5.79. The van der Waals surface area contributed by atoms with Crippen LogP contribution >= 0.6 is 0 Å². The highest BCUT2D eigenvalue weighted by atomic mass is 19.1. The van der Waals surface area contributed by atoms with Crippen LogP contribution in [0.5, 0.6) is 11.6 Å². The van der Waals surface area contributed by atoms with Gasteiger partial charge in [-0.25, -0.2) is 4.39 Å². The molecule has 8 heteroatoms. The molecule has 0 spiro atoms. The number of fused-ring (bicyclic) bond motifs is 2. The molecule has 5 rings (SSSR count). The predicted octanol–water partition coefficient (Wildman–Crippen LogP) is 3.24. The van der Waals surface area contributed by atoms with Gasteiger partial charge in [0.1, 0.15) is 11.9 Å². The molecule has 1 aromatic carbocycles. The zero-order valence-electron chi connectivity index (χ0n) is 15.8. The molecule has 2 aliphatic rings. The molecule has 3 aromatic rings. The minimum absolute atomic E-state index is 0.0988. The number of hydrogen-bond acceptors (Lipinski definition) is 6. The van der Waals surface area contributed by atoms with Crippen LogP contribution < -0.4 is 10.1 Å². The Bertz CT molecular complexity index is 979. The van der Waals surface area contributed by atoms with Gasteiger partial charge in [0.15, 0.2) is 6.17 Å². The normalized spacial score (nSPS) is 26.2. The Kier molecular flexibility index (Phi) is 4.63. The van der Waals surface area contributed by atoms with E-state index < -0.39 is 12.3 Å². The SMILES string of the molecule is Oc1cc(-c2cn[nH]c2)ccc1-c1ccc(O[C@@H]2CC3CCCC(N3)[C@@H]2F)nn1. The van der Waals surface area contributed by atoms with Crippen molar-refractivity contribution >= 4 is 0 Å². The van der Waals surface area contributed by atoms with Gasteiger partial charge in [-0.1, -0.05) is 12.5 Å². The standard InChI is InChI=1S/C21H22FN5O2/c22-21-17-3-1-2-14(25-17)9-19(21)29-20-7-6-16(26-27-20)15-5-4-12(8-18(15)28)13-10-23-24-11-13/h4-8,10-11,14,17,19,21,25,28H,1-3,9H2,(H,23,24)/t14?,17?,19-,21+/m1/s1. The summed E-state index contributed by atoms with van der Waals surface area (Å²) in [5, 5.41) is 28.7. The zero-order chi connectivity index (χ0) is 19.8. The molecule has 0 saturated carbocycles. The van der Waals surface area contributed by atoms with Gasteiger partial charge in [-0.3, -0.25) is 5.10 Å². The van der Waals surface area contributed by atoms with Gasteiger partial charge in [-0.2, -0.15) is 5.10 Å². The summed E-state index contributed by atoms with van der Waals surface area (Å²) in [6.45, 7) is 0. The van der Waals surface area contributed by atoms with E-state index >= 15 is 0 Å². The van der Waals surface area contributed by atoms with Crippen LogP contribution in [0.1, 0.15) is 25.7 Å². The second kappa shape index (κ2) is 7.44. The first kappa shape index (κ1) is 18.1. The number of aromatic amines is 1. The maximum Gasteiger partial charge on any atom is 0.233 e. The van der Waals surface area contributed by atoms with Crippen LogP contribution in [0.15, 0.2) is 42.7 Å². The van der Waals surface area contributed by atoms with Crippen LogP contribution in [0.2, 0.25) is 0 Å². The van der Waals surface area contributed by atoms with Crippen molar-refractivity contribution in [3.8, 4) is 34.0 Å². The molecule has 0 amide bonds. The minimum Gasteiger partial charge on any atom is -0.507 e. The molecular weight excluding hydrogens is 373 g/mol. The van der Waals surface area contributed by atoms with Gasteiger partial charge in [-0.15, -0.1) is 10.2 Å². The second-order valence-electron chi connectivity index (χ2n) is 7.71. The van der Waals surface area contributed by atoms with E-state index in [1.165, 1.54) is 0 Å². The van der Waals surface area contributed by atoms with Crippen LogP contribution in [0.25, 0.3) is 22.4 Å². The third-order valence-electron chi connectivity index (χ3n) is 5.79. The van der Waals surface area contributed by atoms with Gasteiger partial charge in [0.2, 0.25) is 5.88 Å². The lowest BCUT2D eigenvalue weighted by Crippen LogP contribution is -2.59. The van der Waals surface area contributed by atoms with Crippen molar-refractivity contribution in [3.63, 3.8) is 0 Å². The van der Waals surface area contributed by atoms with Gasteiger partial charge in [0.05, 0.1) is 11.9 Å². The summed E-state index contributed by atoms with van der Waals surface area (Å²) in [7, 11) is 0.